The predicted octanol–water partition coefficient (Wildman–Crippen LogP) is 2.29. The molecule has 0 bridgehead atoms. The van der Waals surface area contributed by atoms with Gasteiger partial charge in [-0.15, -0.1) is 11.8 Å². The predicted molar refractivity (Wildman–Crippen MR) is 66.6 cm³/mol. The molecule has 0 spiro atoms. The third kappa shape index (κ3) is 2.44. The number of ether oxygens (including phenoxy) is 2. The van der Waals surface area contributed by atoms with Crippen molar-refractivity contribution in [3.8, 4) is 11.5 Å². The summed E-state index contributed by atoms with van der Waals surface area (Å²) in [5.41, 5.74) is 1.28. The van der Waals surface area contributed by atoms with E-state index < -0.39 is 0 Å². The third-order valence-electron chi connectivity index (χ3n) is 2.51. The van der Waals surface area contributed by atoms with Gasteiger partial charge in [0.15, 0.2) is 11.5 Å². The van der Waals surface area contributed by atoms with E-state index in [0.29, 0.717) is 13.2 Å². The fraction of sp³-hybridized carbons (Fsp3) is 0.500. The van der Waals surface area contributed by atoms with Gasteiger partial charge in [-0.2, -0.15) is 0 Å². The molecule has 4 heteroatoms. The first-order valence-electron chi connectivity index (χ1n) is 5.52. The molecule has 0 amide bonds. The molecule has 0 aromatic heterocycles. The molecule has 88 valence electrons. The molecule has 0 saturated carbocycles. The maximum absolute atomic E-state index is 5.58. The van der Waals surface area contributed by atoms with Gasteiger partial charge in [0.05, 0.1) is 0 Å². The largest absolute Gasteiger partial charge is 0.486 e. The second-order valence-electron chi connectivity index (χ2n) is 3.59. The second-order valence-corrected chi connectivity index (χ2v) is 4.44. The molecule has 1 aliphatic heterocycles. The molecule has 1 heterocycles. The number of rotatable bonds is 4. The Balaban J connectivity index is 2.28. The molecule has 1 N–H and O–H groups in total. The van der Waals surface area contributed by atoms with Crippen LogP contribution in [0.5, 0.6) is 11.5 Å². The first-order valence-corrected chi connectivity index (χ1v) is 6.75. The van der Waals surface area contributed by atoms with E-state index in [1.54, 1.807) is 11.8 Å². The Labute approximate surface area is 101 Å². The fourth-order valence-electron chi connectivity index (χ4n) is 1.70. The van der Waals surface area contributed by atoms with Gasteiger partial charge in [0, 0.05) is 11.4 Å². The lowest BCUT2D eigenvalue weighted by Crippen LogP contribution is -2.17. The van der Waals surface area contributed by atoms with Crippen LogP contribution in [0.2, 0.25) is 0 Å². The number of hydrogen-bond donors (Lipinski definition) is 1. The zero-order chi connectivity index (χ0) is 11.4. The number of hydrogen-bond acceptors (Lipinski definition) is 4. The molecule has 0 radical (unpaired) electrons. The summed E-state index contributed by atoms with van der Waals surface area (Å²) in [7, 11) is 0. The lowest BCUT2D eigenvalue weighted by molar-refractivity contribution is 0.171. The standard InChI is InChI=1S/C12H17NO2S/c1-3-13-8-9-6-10-11(7-12(9)16-2)15-5-4-14-10/h6-7,13H,3-5,8H2,1-2H3. The van der Waals surface area contributed by atoms with Crippen molar-refractivity contribution >= 4 is 11.8 Å². The van der Waals surface area contributed by atoms with E-state index in [-0.39, 0.29) is 0 Å². The Morgan fingerprint density at radius 1 is 1.25 bits per heavy atom. The Kier molecular flexibility index (Phi) is 3.96. The van der Waals surface area contributed by atoms with Crippen molar-refractivity contribution in [2.24, 2.45) is 0 Å². The lowest BCUT2D eigenvalue weighted by Gasteiger charge is -2.20. The summed E-state index contributed by atoms with van der Waals surface area (Å²) in [6, 6.07) is 4.16. The topological polar surface area (TPSA) is 30.5 Å². The monoisotopic (exact) mass is 239 g/mol. The minimum atomic E-state index is 0.645. The molecule has 0 atom stereocenters. The summed E-state index contributed by atoms with van der Waals surface area (Å²) in [5, 5.41) is 3.34. The molecule has 0 unspecified atom stereocenters. The van der Waals surface area contributed by atoms with Crippen LogP contribution in [0.4, 0.5) is 0 Å². The Morgan fingerprint density at radius 2 is 1.94 bits per heavy atom. The van der Waals surface area contributed by atoms with Crippen molar-refractivity contribution in [3.05, 3.63) is 17.7 Å². The van der Waals surface area contributed by atoms with E-state index in [1.165, 1.54) is 10.5 Å². The minimum Gasteiger partial charge on any atom is -0.486 e. The van der Waals surface area contributed by atoms with Gasteiger partial charge in [-0.05, 0) is 30.5 Å². The number of benzene rings is 1. The lowest BCUT2D eigenvalue weighted by atomic mass is 10.2. The van der Waals surface area contributed by atoms with Gasteiger partial charge >= 0.3 is 0 Å². The van der Waals surface area contributed by atoms with Crippen LogP contribution in [0.3, 0.4) is 0 Å². The SMILES string of the molecule is CCNCc1cc2c(cc1SC)OCCO2. The van der Waals surface area contributed by atoms with Crippen LogP contribution in [-0.2, 0) is 6.54 Å². The Morgan fingerprint density at radius 3 is 2.56 bits per heavy atom. The van der Waals surface area contributed by atoms with Crippen molar-refractivity contribution < 1.29 is 9.47 Å². The van der Waals surface area contributed by atoms with Gasteiger partial charge in [0.25, 0.3) is 0 Å². The van der Waals surface area contributed by atoms with Crippen LogP contribution in [0.15, 0.2) is 17.0 Å². The average Bonchev–Trinajstić information content (AvgIpc) is 2.35. The summed E-state index contributed by atoms with van der Waals surface area (Å²) in [6.07, 6.45) is 2.08. The van der Waals surface area contributed by atoms with Crippen LogP contribution < -0.4 is 14.8 Å². The quantitative estimate of drug-likeness (QED) is 0.817. The van der Waals surface area contributed by atoms with E-state index >= 15 is 0 Å². The minimum absolute atomic E-state index is 0.645. The maximum Gasteiger partial charge on any atom is 0.162 e. The number of nitrogens with one attached hydrogen (secondary N) is 1. The molecule has 1 aliphatic rings. The highest BCUT2D eigenvalue weighted by Gasteiger charge is 2.15. The van der Waals surface area contributed by atoms with Gasteiger partial charge in [0.2, 0.25) is 0 Å². The van der Waals surface area contributed by atoms with Crippen LogP contribution in [0, 0.1) is 0 Å². The van der Waals surface area contributed by atoms with E-state index in [1.807, 2.05) is 0 Å². The van der Waals surface area contributed by atoms with Gasteiger partial charge in [0.1, 0.15) is 13.2 Å². The van der Waals surface area contributed by atoms with Crippen LogP contribution >= 0.6 is 11.8 Å². The highest BCUT2D eigenvalue weighted by Crippen LogP contribution is 2.36. The Bertz CT molecular complexity index is 368. The van der Waals surface area contributed by atoms with Crippen molar-refractivity contribution in [1.82, 2.24) is 5.32 Å². The highest BCUT2D eigenvalue weighted by molar-refractivity contribution is 7.98. The molecular weight excluding hydrogens is 222 g/mol. The summed E-state index contributed by atoms with van der Waals surface area (Å²) in [4.78, 5) is 1.25. The smallest absolute Gasteiger partial charge is 0.162 e. The van der Waals surface area contributed by atoms with Crippen molar-refractivity contribution in [3.63, 3.8) is 0 Å². The number of thioether (sulfide) groups is 1. The molecule has 2 rings (SSSR count). The molecule has 0 saturated heterocycles. The van der Waals surface area contributed by atoms with Crippen molar-refractivity contribution in [2.75, 3.05) is 26.0 Å². The second kappa shape index (κ2) is 5.46. The van der Waals surface area contributed by atoms with Crippen LogP contribution in [0.25, 0.3) is 0 Å². The van der Waals surface area contributed by atoms with Crippen molar-refractivity contribution in [2.45, 2.75) is 18.4 Å². The Hall–Kier alpha value is -0.870. The maximum atomic E-state index is 5.58. The summed E-state index contributed by atoms with van der Waals surface area (Å²) in [5.74, 6) is 1.74. The molecular formula is C12H17NO2S. The zero-order valence-electron chi connectivity index (χ0n) is 9.71. The normalized spacial score (nSPS) is 13.9. The summed E-state index contributed by atoms with van der Waals surface area (Å²) < 4.78 is 11.1. The summed E-state index contributed by atoms with van der Waals surface area (Å²) >= 11 is 1.74. The van der Waals surface area contributed by atoms with E-state index in [9.17, 15) is 0 Å². The van der Waals surface area contributed by atoms with Crippen LogP contribution in [-0.4, -0.2) is 26.0 Å². The fourth-order valence-corrected chi connectivity index (χ4v) is 2.32. The van der Waals surface area contributed by atoms with E-state index in [4.69, 9.17) is 9.47 Å². The highest BCUT2D eigenvalue weighted by atomic mass is 32.2. The third-order valence-corrected chi connectivity index (χ3v) is 3.33. The van der Waals surface area contributed by atoms with Gasteiger partial charge in [-0.3, -0.25) is 0 Å². The molecule has 0 fully saturated rings. The van der Waals surface area contributed by atoms with Crippen molar-refractivity contribution in [1.29, 1.82) is 0 Å². The van der Waals surface area contributed by atoms with E-state index in [2.05, 4.69) is 30.6 Å². The molecule has 1 aromatic rings. The average molecular weight is 239 g/mol. The molecule has 0 aliphatic carbocycles. The first-order chi connectivity index (χ1) is 7.85. The van der Waals surface area contributed by atoms with Crippen LogP contribution in [0.1, 0.15) is 12.5 Å². The number of fused-ring (bicyclic) bond motifs is 1. The first kappa shape index (κ1) is 11.6. The van der Waals surface area contributed by atoms with Gasteiger partial charge < -0.3 is 14.8 Å². The van der Waals surface area contributed by atoms with Gasteiger partial charge in [-0.25, -0.2) is 0 Å². The van der Waals surface area contributed by atoms with E-state index in [0.717, 1.165) is 24.6 Å². The molecule has 3 nitrogen and oxygen atoms in total. The zero-order valence-corrected chi connectivity index (χ0v) is 10.5. The van der Waals surface area contributed by atoms with Gasteiger partial charge in [-0.1, -0.05) is 6.92 Å². The molecule has 16 heavy (non-hydrogen) atoms. The summed E-state index contributed by atoms with van der Waals surface area (Å²) in [6.45, 7) is 5.25. The molecule has 1 aromatic carbocycles.